The standard InChI is InChI=1S/C15H15NO4S/c1-19-14-8-7-12(16(17)18)11-15(14)20-9-10-21-13-5-3-2-4-6-13/h2-8,11H,9-10H2,1H3. The molecule has 0 bridgehead atoms. The Morgan fingerprint density at radius 1 is 1.14 bits per heavy atom. The van der Waals surface area contributed by atoms with Crippen molar-refractivity contribution >= 4 is 17.4 Å². The molecule has 0 fully saturated rings. The van der Waals surface area contributed by atoms with E-state index in [1.54, 1.807) is 11.8 Å². The second-order valence-electron chi connectivity index (χ2n) is 4.10. The summed E-state index contributed by atoms with van der Waals surface area (Å²) in [6.45, 7) is 0.442. The molecule has 0 atom stereocenters. The van der Waals surface area contributed by atoms with E-state index in [2.05, 4.69) is 0 Å². The minimum atomic E-state index is -0.453. The predicted octanol–water partition coefficient (Wildman–Crippen LogP) is 3.77. The number of rotatable bonds is 7. The maximum Gasteiger partial charge on any atom is 0.273 e. The molecule has 2 rings (SSSR count). The minimum Gasteiger partial charge on any atom is -0.493 e. The van der Waals surface area contributed by atoms with Crippen LogP contribution in [0.25, 0.3) is 0 Å². The Labute approximate surface area is 127 Å². The van der Waals surface area contributed by atoms with Crippen molar-refractivity contribution in [1.29, 1.82) is 0 Å². The fourth-order valence-electron chi connectivity index (χ4n) is 1.72. The van der Waals surface area contributed by atoms with Crippen LogP contribution < -0.4 is 9.47 Å². The molecule has 0 saturated heterocycles. The first-order valence-corrected chi connectivity index (χ1v) is 7.32. The summed E-state index contributed by atoms with van der Waals surface area (Å²) in [5, 5.41) is 10.8. The SMILES string of the molecule is COc1ccc([N+](=O)[O-])cc1OCCSc1ccccc1. The molecule has 0 aliphatic heterocycles. The van der Waals surface area contributed by atoms with Gasteiger partial charge in [0.05, 0.1) is 24.7 Å². The normalized spacial score (nSPS) is 10.1. The Kier molecular flexibility index (Phi) is 5.45. The number of hydrogen-bond donors (Lipinski definition) is 0. The van der Waals surface area contributed by atoms with Crippen LogP contribution in [0.15, 0.2) is 53.4 Å². The maximum absolute atomic E-state index is 10.8. The van der Waals surface area contributed by atoms with E-state index in [-0.39, 0.29) is 5.69 Å². The van der Waals surface area contributed by atoms with Gasteiger partial charge >= 0.3 is 0 Å². The first kappa shape index (κ1) is 15.2. The molecule has 21 heavy (non-hydrogen) atoms. The van der Waals surface area contributed by atoms with Crippen molar-refractivity contribution < 1.29 is 14.4 Å². The number of benzene rings is 2. The van der Waals surface area contributed by atoms with Crippen LogP contribution in [0.2, 0.25) is 0 Å². The van der Waals surface area contributed by atoms with Gasteiger partial charge in [0.15, 0.2) is 11.5 Å². The van der Waals surface area contributed by atoms with Crippen LogP contribution >= 0.6 is 11.8 Å². The summed E-state index contributed by atoms with van der Waals surface area (Å²) in [5.41, 5.74) is -0.0125. The summed E-state index contributed by atoms with van der Waals surface area (Å²) in [4.78, 5) is 11.5. The molecule has 0 aliphatic carbocycles. The minimum absolute atomic E-state index is 0.0125. The molecule has 0 amide bonds. The van der Waals surface area contributed by atoms with Crippen molar-refractivity contribution in [2.45, 2.75) is 4.90 Å². The average Bonchev–Trinajstić information content (AvgIpc) is 2.52. The fraction of sp³-hybridized carbons (Fsp3) is 0.200. The summed E-state index contributed by atoms with van der Waals surface area (Å²) in [6.07, 6.45) is 0. The topological polar surface area (TPSA) is 61.6 Å². The Morgan fingerprint density at radius 3 is 2.57 bits per heavy atom. The Bertz CT molecular complexity index is 604. The van der Waals surface area contributed by atoms with Crippen molar-refractivity contribution in [2.24, 2.45) is 0 Å². The predicted molar refractivity (Wildman–Crippen MR) is 82.3 cm³/mol. The van der Waals surface area contributed by atoms with Gasteiger partial charge in [-0.05, 0) is 18.2 Å². The van der Waals surface area contributed by atoms with E-state index in [9.17, 15) is 10.1 Å². The number of methoxy groups -OCH3 is 1. The molecule has 0 heterocycles. The number of thioether (sulfide) groups is 1. The van der Waals surface area contributed by atoms with Crippen LogP contribution in [0.5, 0.6) is 11.5 Å². The Morgan fingerprint density at radius 2 is 1.90 bits per heavy atom. The van der Waals surface area contributed by atoms with E-state index in [1.807, 2.05) is 30.3 Å². The number of hydrogen-bond acceptors (Lipinski definition) is 5. The average molecular weight is 305 g/mol. The lowest BCUT2D eigenvalue weighted by Crippen LogP contribution is -2.02. The Balaban J connectivity index is 1.92. The largest absolute Gasteiger partial charge is 0.493 e. The summed E-state index contributed by atoms with van der Waals surface area (Å²) < 4.78 is 10.7. The third-order valence-corrected chi connectivity index (χ3v) is 3.69. The smallest absolute Gasteiger partial charge is 0.273 e. The molecule has 5 nitrogen and oxygen atoms in total. The highest BCUT2D eigenvalue weighted by atomic mass is 32.2. The van der Waals surface area contributed by atoms with Gasteiger partial charge in [0.1, 0.15) is 0 Å². The van der Waals surface area contributed by atoms with Crippen molar-refractivity contribution in [3.8, 4) is 11.5 Å². The number of ether oxygens (including phenoxy) is 2. The zero-order valence-electron chi connectivity index (χ0n) is 11.5. The molecule has 6 heteroatoms. The molecule has 0 radical (unpaired) electrons. The maximum atomic E-state index is 10.8. The summed E-state index contributed by atoms with van der Waals surface area (Å²) >= 11 is 1.66. The highest BCUT2D eigenvalue weighted by molar-refractivity contribution is 7.99. The van der Waals surface area contributed by atoms with Gasteiger partial charge in [-0.1, -0.05) is 18.2 Å². The van der Waals surface area contributed by atoms with Gasteiger partial charge in [-0.15, -0.1) is 11.8 Å². The van der Waals surface area contributed by atoms with Gasteiger partial charge in [0.25, 0.3) is 5.69 Å². The van der Waals surface area contributed by atoms with E-state index in [4.69, 9.17) is 9.47 Å². The molecule has 0 aliphatic rings. The lowest BCUT2D eigenvalue weighted by atomic mass is 10.3. The lowest BCUT2D eigenvalue weighted by Gasteiger charge is -2.10. The number of nitrogens with zero attached hydrogens (tertiary/aromatic N) is 1. The number of nitro groups is 1. The van der Waals surface area contributed by atoms with Gasteiger partial charge in [0, 0.05) is 16.7 Å². The molecule has 110 valence electrons. The highest BCUT2D eigenvalue weighted by Gasteiger charge is 2.12. The number of nitro benzene ring substituents is 1. The quantitative estimate of drug-likeness (QED) is 0.337. The molecule has 0 unspecified atom stereocenters. The second kappa shape index (κ2) is 7.54. The first-order valence-electron chi connectivity index (χ1n) is 6.34. The van der Waals surface area contributed by atoms with Gasteiger partial charge in [-0.2, -0.15) is 0 Å². The van der Waals surface area contributed by atoms with E-state index in [0.29, 0.717) is 18.1 Å². The van der Waals surface area contributed by atoms with E-state index in [1.165, 1.54) is 25.3 Å². The van der Waals surface area contributed by atoms with Crippen LogP contribution in [0.4, 0.5) is 5.69 Å². The Hall–Kier alpha value is -2.21. The van der Waals surface area contributed by atoms with Crippen LogP contribution in [-0.2, 0) is 0 Å². The monoisotopic (exact) mass is 305 g/mol. The molecule has 0 aromatic heterocycles. The van der Waals surface area contributed by atoms with Crippen LogP contribution in [0, 0.1) is 10.1 Å². The van der Waals surface area contributed by atoms with Crippen molar-refractivity contribution in [1.82, 2.24) is 0 Å². The molecular formula is C15H15NO4S. The van der Waals surface area contributed by atoms with E-state index >= 15 is 0 Å². The first-order chi connectivity index (χ1) is 10.2. The molecule has 2 aromatic carbocycles. The van der Waals surface area contributed by atoms with Gasteiger partial charge in [0.2, 0.25) is 0 Å². The van der Waals surface area contributed by atoms with Crippen LogP contribution in [0.1, 0.15) is 0 Å². The van der Waals surface area contributed by atoms with Gasteiger partial charge in [-0.3, -0.25) is 10.1 Å². The van der Waals surface area contributed by atoms with Gasteiger partial charge < -0.3 is 9.47 Å². The molecule has 0 spiro atoms. The van der Waals surface area contributed by atoms with Crippen LogP contribution in [-0.4, -0.2) is 24.4 Å². The summed E-state index contributed by atoms with van der Waals surface area (Å²) in [6, 6.07) is 14.3. The van der Waals surface area contributed by atoms with Crippen molar-refractivity contribution in [3.63, 3.8) is 0 Å². The second-order valence-corrected chi connectivity index (χ2v) is 5.27. The molecular weight excluding hydrogens is 290 g/mol. The molecule has 0 saturated carbocycles. The molecule has 0 N–H and O–H groups in total. The third-order valence-electron chi connectivity index (χ3n) is 2.71. The lowest BCUT2D eigenvalue weighted by molar-refractivity contribution is -0.385. The summed E-state index contributed by atoms with van der Waals surface area (Å²) in [5.74, 6) is 1.63. The van der Waals surface area contributed by atoms with Crippen molar-refractivity contribution in [2.75, 3.05) is 19.5 Å². The van der Waals surface area contributed by atoms with Crippen molar-refractivity contribution in [3.05, 3.63) is 58.6 Å². The third kappa shape index (κ3) is 4.39. The summed E-state index contributed by atoms with van der Waals surface area (Å²) in [7, 11) is 1.51. The zero-order valence-corrected chi connectivity index (χ0v) is 12.3. The van der Waals surface area contributed by atoms with E-state index in [0.717, 1.165) is 10.6 Å². The zero-order chi connectivity index (χ0) is 15.1. The van der Waals surface area contributed by atoms with E-state index < -0.39 is 4.92 Å². The van der Waals surface area contributed by atoms with Gasteiger partial charge in [-0.25, -0.2) is 0 Å². The van der Waals surface area contributed by atoms with Crippen LogP contribution in [0.3, 0.4) is 0 Å². The fourth-order valence-corrected chi connectivity index (χ4v) is 2.47. The molecule has 2 aromatic rings. The highest BCUT2D eigenvalue weighted by Crippen LogP contribution is 2.31. The number of non-ortho nitro benzene ring substituents is 1.